The Labute approximate surface area is 177 Å². The number of aryl methyl sites for hydroxylation is 1. The molecule has 0 atom stereocenters. The van der Waals surface area contributed by atoms with Gasteiger partial charge in [0.2, 0.25) is 5.95 Å². The van der Waals surface area contributed by atoms with Gasteiger partial charge in [-0.3, -0.25) is 9.20 Å². The first-order valence-corrected chi connectivity index (χ1v) is 10.6. The van der Waals surface area contributed by atoms with Crippen LogP contribution in [0.25, 0.3) is 16.2 Å². The number of morpholine rings is 1. The molecule has 152 valence electrons. The molecule has 0 spiro atoms. The highest BCUT2D eigenvalue weighted by Gasteiger charge is 2.18. The predicted molar refractivity (Wildman–Crippen MR) is 116 cm³/mol. The van der Waals surface area contributed by atoms with Crippen molar-refractivity contribution >= 4 is 33.8 Å². The maximum atomic E-state index is 12.9. The minimum Gasteiger partial charge on any atom is -0.378 e. The third-order valence-electron chi connectivity index (χ3n) is 4.88. The molecule has 9 heteroatoms. The van der Waals surface area contributed by atoms with E-state index in [0.29, 0.717) is 43.6 Å². The van der Waals surface area contributed by atoms with E-state index in [9.17, 15) is 4.79 Å². The number of hydrogen-bond acceptors (Lipinski definition) is 7. The van der Waals surface area contributed by atoms with Crippen LogP contribution in [-0.2, 0) is 4.74 Å². The van der Waals surface area contributed by atoms with Gasteiger partial charge in [-0.15, -0.1) is 11.3 Å². The fourth-order valence-electron chi connectivity index (χ4n) is 3.39. The van der Waals surface area contributed by atoms with Crippen molar-refractivity contribution in [2.24, 2.45) is 0 Å². The average Bonchev–Trinajstić information content (AvgIpc) is 3.37. The number of amides is 1. The van der Waals surface area contributed by atoms with Crippen molar-refractivity contribution in [1.82, 2.24) is 19.4 Å². The molecule has 1 saturated heterocycles. The summed E-state index contributed by atoms with van der Waals surface area (Å²) in [4.78, 5) is 29.5. The number of fused-ring (bicyclic) bond motifs is 1. The lowest BCUT2D eigenvalue weighted by atomic mass is 10.1. The van der Waals surface area contributed by atoms with Crippen LogP contribution in [0.2, 0.25) is 0 Å². The molecule has 8 nitrogen and oxygen atoms in total. The first kappa shape index (κ1) is 18.7. The Kier molecular flexibility index (Phi) is 4.89. The molecule has 0 saturated carbocycles. The SMILES string of the molecule is Cc1cc(C(=O)Nc2cccc(-c3cn4ccsc4n3)c2)nc(N2CCOCC2)n1. The third kappa shape index (κ3) is 3.77. The van der Waals surface area contributed by atoms with Crippen LogP contribution in [0, 0.1) is 6.92 Å². The van der Waals surface area contributed by atoms with Crippen molar-refractivity contribution in [3.63, 3.8) is 0 Å². The molecule has 4 aromatic rings. The molecule has 1 amide bonds. The maximum absolute atomic E-state index is 12.9. The summed E-state index contributed by atoms with van der Waals surface area (Å²) in [6, 6.07) is 9.36. The van der Waals surface area contributed by atoms with Crippen molar-refractivity contribution in [3.05, 3.63) is 59.5 Å². The second-order valence-electron chi connectivity index (χ2n) is 7.05. The van der Waals surface area contributed by atoms with Gasteiger partial charge in [0.05, 0.1) is 18.9 Å². The molecule has 0 bridgehead atoms. The van der Waals surface area contributed by atoms with Crippen LogP contribution in [0.4, 0.5) is 11.6 Å². The molecule has 1 aliphatic rings. The minimum atomic E-state index is -0.266. The second-order valence-corrected chi connectivity index (χ2v) is 7.92. The second kappa shape index (κ2) is 7.85. The zero-order valence-electron chi connectivity index (χ0n) is 16.4. The lowest BCUT2D eigenvalue weighted by molar-refractivity contribution is 0.102. The van der Waals surface area contributed by atoms with Crippen LogP contribution in [-0.4, -0.2) is 51.6 Å². The van der Waals surface area contributed by atoms with E-state index in [0.717, 1.165) is 21.9 Å². The molecule has 1 fully saturated rings. The number of hydrogen-bond donors (Lipinski definition) is 1. The monoisotopic (exact) mass is 420 g/mol. The number of nitrogens with one attached hydrogen (secondary N) is 1. The molecular formula is C21H20N6O2S. The smallest absolute Gasteiger partial charge is 0.274 e. The lowest BCUT2D eigenvalue weighted by Gasteiger charge is -2.27. The number of ether oxygens (including phenoxy) is 1. The molecule has 0 aliphatic carbocycles. The highest BCUT2D eigenvalue weighted by atomic mass is 32.1. The van der Waals surface area contributed by atoms with Crippen molar-refractivity contribution in [2.45, 2.75) is 6.92 Å². The summed E-state index contributed by atoms with van der Waals surface area (Å²) in [6.07, 6.45) is 3.96. The summed E-state index contributed by atoms with van der Waals surface area (Å²) >= 11 is 1.59. The van der Waals surface area contributed by atoms with E-state index in [1.807, 2.05) is 58.3 Å². The van der Waals surface area contributed by atoms with E-state index in [-0.39, 0.29) is 5.91 Å². The highest BCUT2D eigenvalue weighted by Crippen LogP contribution is 2.24. The molecule has 1 aromatic carbocycles. The van der Waals surface area contributed by atoms with Crippen LogP contribution in [0.15, 0.2) is 48.1 Å². The number of imidazole rings is 1. The van der Waals surface area contributed by atoms with Crippen molar-refractivity contribution in [2.75, 3.05) is 36.5 Å². The van der Waals surface area contributed by atoms with E-state index >= 15 is 0 Å². The van der Waals surface area contributed by atoms with Crippen molar-refractivity contribution in [3.8, 4) is 11.3 Å². The molecule has 30 heavy (non-hydrogen) atoms. The van der Waals surface area contributed by atoms with Gasteiger partial charge in [-0.1, -0.05) is 12.1 Å². The van der Waals surface area contributed by atoms with Crippen LogP contribution < -0.4 is 10.2 Å². The normalized spacial score (nSPS) is 14.2. The van der Waals surface area contributed by atoms with Gasteiger partial charge >= 0.3 is 0 Å². The van der Waals surface area contributed by atoms with Crippen LogP contribution in [0.5, 0.6) is 0 Å². The largest absolute Gasteiger partial charge is 0.378 e. The fourth-order valence-corrected chi connectivity index (χ4v) is 4.09. The van der Waals surface area contributed by atoms with E-state index in [1.54, 1.807) is 17.4 Å². The van der Waals surface area contributed by atoms with Crippen LogP contribution in [0.3, 0.4) is 0 Å². The molecule has 3 aromatic heterocycles. The average molecular weight is 420 g/mol. The lowest BCUT2D eigenvalue weighted by Crippen LogP contribution is -2.37. The Balaban J connectivity index is 1.37. The molecule has 0 radical (unpaired) electrons. The number of anilines is 2. The van der Waals surface area contributed by atoms with Crippen LogP contribution in [0.1, 0.15) is 16.2 Å². The summed E-state index contributed by atoms with van der Waals surface area (Å²) in [5.74, 6) is 0.299. The summed E-state index contributed by atoms with van der Waals surface area (Å²) in [7, 11) is 0. The van der Waals surface area contributed by atoms with Gasteiger partial charge < -0.3 is 15.0 Å². The zero-order chi connectivity index (χ0) is 20.5. The van der Waals surface area contributed by atoms with Gasteiger partial charge in [-0.25, -0.2) is 15.0 Å². The number of benzene rings is 1. The minimum absolute atomic E-state index is 0.266. The number of aromatic nitrogens is 4. The van der Waals surface area contributed by atoms with Crippen molar-refractivity contribution in [1.29, 1.82) is 0 Å². The zero-order valence-corrected chi connectivity index (χ0v) is 17.2. The molecule has 5 rings (SSSR count). The Morgan fingerprint density at radius 1 is 1.17 bits per heavy atom. The van der Waals surface area contributed by atoms with Gasteiger partial charge in [0.15, 0.2) is 4.96 Å². The molecule has 4 heterocycles. The summed E-state index contributed by atoms with van der Waals surface area (Å²) in [5.41, 5.74) is 3.60. The number of nitrogens with zero attached hydrogens (tertiary/aromatic N) is 5. The number of carbonyl (C=O) groups is 1. The van der Waals surface area contributed by atoms with E-state index in [1.165, 1.54) is 0 Å². The summed E-state index contributed by atoms with van der Waals surface area (Å²) in [6.45, 7) is 4.57. The molecule has 1 aliphatic heterocycles. The van der Waals surface area contributed by atoms with Gasteiger partial charge in [0, 0.05) is 47.8 Å². The third-order valence-corrected chi connectivity index (χ3v) is 5.65. The first-order valence-electron chi connectivity index (χ1n) is 9.68. The Bertz CT molecular complexity index is 1180. The summed E-state index contributed by atoms with van der Waals surface area (Å²) in [5, 5.41) is 4.95. The van der Waals surface area contributed by atoms with E-state index in [2.05, 4.69) is 20.3 Å². The maximum Gasteiger partial charge on any atom is 0.274 e. The van der Waals surface area contributed by atoms with Gasteiger partial charge in [0.25, 0.3) is 5.91 Å². The topological polar surface area (TPSA) is 84.7 Å². The van der Waals surface area contributed by atoms with E-state index in [4.69, 9.17) is 4.74 Å². The fraction of sp³-hybridized carbons (Fsp3) is 0.238. The molecular weight excluding hydrogens is 400 g/mol. The standard InChI is InChI=1S/C21H20N6O2S/c1-14-11-17(24-20(22-14)26-5-8-29-9-6-26)19(28)23-16-4-2-3-15(12-16)18-13-27-7-10-30-21(27)25-18/h2-4,7,10-13H,5-6,8-9H2,1H3,(H,23,28). The predicted octanol–water partition coefficient (Wildman–Crippen LogP) is 3.25. The van der Waals surface area contributed by atoms with Gasteiger partial charge in [0.1, 0.15) is 5.69 Å². The Morgan fingerprint density at radius 2 is 2.03 bits per heavy atom. The van der Waals surface area contributed by atoms with Crippen molar-refractivity contribution < 1.29 is 9.53 Å². The molecule has 1 N–H and O–H groups in total. The number of thiazole rings is 1. The highest BCUT2D eigenvalue weighted by molar-refractivity contribution is 7.15. The molecule has 0 unspecified atom stereocenters. The number of carbonyl (C=O) groups excluding carboxylic acids is 1. The van der Waals surface area contributed by atoms with Gasteiger partial charge in [-0.05, 0) is 25.1 Å². The Hall–Kier alpha value is -3.30. The summed E-state index contributed by atoms with van der Waals surface area (Å²) < 4.78 is 7.38. The van der Waals surface area contributed by atoms with E-state index < -0.39 is 0 Å². The van der Waals surface area contributed by atoms with Crippen LogP contribution >= 0.6 is 11.3 Å². The van der Waals surface area contributed by atoms with Gasteiger partial charge in [-0.2, -0.15) is 0 Å². The Morgan fingerprint density at radius 3 is 2.87 bits per heavy atom. The number of rotatable bonds is 4. The first-order chi connectivity index (χ1) is 14.7. The quantitative estimate of drug-likeness (QED) is 0.546.